The van der Waals surface area contributed by atoms with Crippen LogP contribution in [-0.2, 0) is 0 Å². The van der Waals surface area contributed by atoms with Crippen molar-refractivity contribution < 1.29 is 0 Å². The van der Waals surface area contributed by atoms with Crippen LogP contribution in [0, 0.1) is 0 Å². The Morgan fingerprint density at radius 3 is 2.78 bits per heavy atom. The fraction of sp³-hybridized carbons (Fsp3) is 1.00. The highest BCUT2D eigenvalue weighted by atomic mass is 15.2. The lowest BCUT2D eigenvalue weighted by Gasteiger charge is -2.38. The topological polar surface area (TPSA) is 29.3 Å². The highest BCUT2D eigenvalue weighted by Gasteiger charge is 2.21. The maximum absolute atomic E-state index is 5.37. The van der Waals surface area contributed by atoms with E-state index < -0.39 is 0 Å². The molecular formula is C7H16N2. The van der Waals surface area contributed by atoms with Crippen LogP contribution in [0.25, 0.3) is 0 Å². The number of nitrogens with two attached hydrogens (primary N) is 1. The van der Waals surface area contributed by atoms with Gasteiger partial charge in [-0.1, -0.05) is 0 Å². The normalized spacial score (nSPS) is 28.0. The lowest BCUT2D eigenvalue weighted by atomic mass is 10.1. The van der Waals surface area contributed by atoms with E-state index in [9.17, 15) is 0 Å². The molecule has 54 valence electrons. The second-order valence-corrected chi connectivity index (χ2v) is 2.82. The van der Waals surface area contributed by atoms with E-state index in [0.29, 0.717) is 0 Å². The molecule has 2 heteroatoms. The Labute approximate surface area is 57.0 Å². The molecule has 0 radical (unpaired) electrons. The third-order valence-corrected chi connectivity index (χ3v) is 2.11. The van der Waals surface area contributed by atoms with Gasteiger partial charge in [-0.15, -0.1) is 0 Å². The van der Waals surface area contributed by atoms with Crippen LogP contribution in [0.3, 0.4) is 0 Å². The average molecular weight is 128 g/mol. The summed E-state index contributed by atoms with van der Waals surface area (Å²) < 4.78 is 0. The van der Waals surface area contributed by atoms with Gasteiger partial charge in [-0.05, 0) is 39.4 Å². The lowest BCUT2D eigenvalue weighted by Crippen LogP contribution is -2.46. The van der Waals surface area contributed by atoms with E-state index in [4.69, 9.17) is 5.73 Å². The third kappa shape index (κ3) is 1.66. The molecule has 0 aromatic carbocycles. The summed E-state index contributed by atoms with van der Waals surface area (Å²) in [5, 5.41) is 0. The SMILES string of the molecule is CC1CCN1CCCN. The highest BCUT2D eigenvalue weighted by Crippen LogP contribution is 2.15. The van der Waals surface area contributed by atoms with Gasteiger partial charge < -0.3 is 10.6 Å². The summed E-state index contributed by atoms with van der Waals surface area (Å²) in [6.45, 7) is 5.61. The fourth-order valence-corrected chi connectivity index (χ4v) is 1.20. The van der Waals surface area contributed by atoms with Gasteiger partial charge >= 0.3 is 0 Å². The zero-order chi connectivity index (χ0) is 6.69. The van der Waals surface area contributed by atoms with Crippen molar-refractivity contribution in [2.75, 3.05) is 19.6 Å². The molecule has 0 spiro atoms. The maximum Gasteiger partial charge on any atom is 0.00791 e. The summed E-state index contributed by atoms with van der Waals surface area (Å²) in [7, 11) is 0. The molecule has 1 aliphatic heterocycles. The van der Waals surface area contributed by atoms with Gasteiger partial charge in [0, 0.05) is 6.04 Å². The van der Waals surface area contributed by atoms with Gasteiger partial charge in [-0.3, -0.25) is 0 Å². The van der Waals surface area contributed by atoms with Crippen molar-refractivity contribution >= 4 is 0 Å². The molecule has 2 N–H and O–H groups in total. The number of nitrogens with zero attached hydrogens (tertiary/aromatic N) is 1. The van der Waals surface area contributed by atoms with Gasteiger partial charge in [-0.25, -0.2) is 0 Å². The third-order valence-electron chi connectivity index (χ3n) is 2.11. The van der Waals surface area contributed by atoms with E-state index in [1.807, 2.05) is 0 Å². The number of hydrogen-bond acceptors (Lipinski definition) is 2. The molecule has 1 atom stereocenters. The quantitative estimate of drug-likeness (QED) is 0.597. The van der Waals surface area contributed by atoms with Crippen LogP contribution in [0.1, 0.15) is 19.8 Å². The summed E-state index contributed by atoms with van der Waals surface area (Å²) in [4.78, 5) is 2.48. The standard InChI is InChI=1S/C7H16N2/c1-7-3-6-9(7)5-2-4-8/h7H,2-6,8H2,1H3. The fourth-order valence-electron chi connectivity index (χ4n) is 1.20. The highest BCUT2D eigenvalue weighted by molar-refractivity contribution is 4.77. The molecule has 1 fully saturated rings. The molecule has 1 rings (SSSR count). The first-order chi connectivity index (χ1) is 4.34. The predicted octanol–water partition coefficient (Wildman–Crippen LogP) is 0.429. The van der Waals surface area contributed by atoms with Gasteiger partial charge in [0.15, 0.2) is 0 Å². The lowest BCUT2D eigenvalue weighted by molar-refractivity contribution is 0.104. The zero-order valence-corrected chi connectivity index (χ0v) is 6.14. The summed E-state index contributed by atoms with van der Waals surface area (Å²) in [5.74, 6) is 0. The Kier molecular flexibility index (Phi) is 2.49. The molecule has 0 amide bonds. The summed E-state index contributed by atoms with van der Waals surface area (Å²) in [5.41, 5.74) is 5.37. The minimum Gasteiger partial charge on any atom is -0.330 e. The van der Waals surface area contributed by atoms with Crippen LogP contribution in [0.4, 0.5) is 0 Å². The minimum absolute atomic E-state index is 0.830. The number of hydrogen-bond donors (Lipinski definition) is 1. The van der Waals surface area contributed by atoms with Gasteiger partial charge in [0.2, 0.25) is 0 Å². The Bertz CT molecular complexity index is 83.0. The molecule has 0 aromatic rings. The average Bonchev–Trinajstić information content (AvgIpc) is 1.86. The van der Waals surface area contributed by atoms with Gasteiger partial charge in [-0.2, -0.15) is 0 Å². The molecule has 2 nitrogen and oxygen atoms in total. The minimum atomic E-state index is 0.830. The summed E-state index contributed by atoms with van der Waals surface area (Å²) >= 11 is 0. The second-order valence-electron chi connectivity index (χ2n) is 2.82. The molecule has 0 saturated carbocycles. The molecule has 9 heavy (non-hydrogen) atoms. The molecule has 0 bridgehead atoms. The van der Waals surface area contributed by atoms with Crippen LogP contribution in [-0.4, -0.2) is 30.6 Å². The van der Waals surface area contributed by atoms with E-state index in [0.717, 1.165) is 19.0 Å². The van der Waals surface area contributed by atoms with Crippen LogP contribution < -0.4 is 5.73 Å². The van der Waals surface area contributed by atoms with Crippen molar-refractivity contribution in [3.05, 3.63) is 0 Å². The Hall–Kier alpha value is -0.0800. The molecule has 0 aromatic heterocycles. The van der Waals surface area contributed by atoms with Gasteiger partial charge in [0.05, 0.1) is 0 Å². The molecule has 0 aliphatic carbocycles. The zero-order valence-electron chi connectivity index (χ0n) is 6.14. The van der Waals surface area contributed by atoms with Crippen molar-refractivity contribution in [3.8, 4) is 0 Å². The van der Waals surface area contributed by atoms with Crippen molar-refractivity contribution in [2.24, 2.45) is 5.73 Å². The van der Waals surface area contributed by atoms with Crippen LogP contribution in [0.15, 0.2) is 0 Å². The summed E-state index contributed by atoms with van der Waals surface area (Å²) in [6.07, 6.45) is 2.54. The predicted molar refractivity (Wildman–Crippen MR) is 39.3 cm³/mol. The van der Waals surface area contributed by atoms with Gasteiger partial charge in [0.25, 0.3) is 0 Å². The van der Waals surface area contributed by atoms with Gasteiger partial charge in [0.1, 0.15) is 0 Å². The van der Waals surface area contributed by atoms with E-state index in [2.05, 4.69) is 11.8 Å². The Morgan fingerprint density at radius 2 is 2.44 bits per heavy atom. The van der Waals surface area contributed by atoms with Crippen LogP contribution in [0.5, 0.6) is 0 Å². The first kappa shape index (κ1) is 7.03. The van der Waals surface area contributed by atoms with E-state index >= 15 is 0 Å². The number of likely N-dealkylation sites (tertiary alicyclic amines) is 1. The van der Waals surface area contributed by atoms with Crippen molar-refractivity contribution in [2.45, 2.75) is 25.8 Å². The van der Waals surface area contributed by atoms with Crippen LogP contribution in [0.2, 0.25) is 0 Å². The van der Waals surface area contributed by atoms with Crippen LogP contribution >= 0.6 is 0 Å². The molecule has 1 saturated heterocycles. The van der Waals surface area contributed by atoms with Crippen molar-refractivity contribution in [3.63, 3.8) is 0 Å². The van der Waals surface area contributed by atoms with E-state index in [1.165, 1.54) is 19.5 Å². The largest absolute Gasteiger partial charge is 0.330 e. The maximum atomic E-state index is 5.37. The van der Waals surface area contributed by atoms with E-state index in [-0.39, 0.29) is 0 Å². The smallest absolute Gasteiger partial charge is 0.00791 e. The molecular weight excluding hydrogens is 112 g/mol. The first-order valence-corrected chi connectivity index (χ1v) is 3.78. The number of rotatable bonds is 3. The van der Waals surface area contributed by atoms with E-state index in [1.54, 1.807) is 0 Å². The second kappa shape index (κ2) is 3.18. The monoisotopic (exact) mass is 128 g/mol. The van der Waals surface area contributed by atoms with Crippen molar-refractivity contribution in [1.29, 1.82) is 0 Å². The Balaban J connectivity index is 1.99. The Morgan fingerprint density at radius 1 is 1.67 bits per heavy atom. The molecule has 1 heterocycles. The first-order valence-electron chi connectivity index (χ1n) is 3.78. The van der Waals surface area contributed by atoms with Crippen molar-refractivity contribution in [1.82, 2.24) is 4.90 Å². The molecule has 1 aliphatic rings. The molecule has 1 unspecified atom stereocenters. The summed E-state index contributed by atoms with van der Waals surface area (Å²) in [6, 6.07) is 0.830.